The molecule has 1 aromatic rings. The molecule has 13 heavy (non-hydrogen) atoms. The molecule has 70 valence electrons. The molecule has 1 fully saturated rings. The second-order valence-electron chi connectivity index (χ2n) is 3.09. The zero-order valence-electron chi connectivity index (χ0n) is 7.42. The molecule has 0 atom stereocenters. The van der Waals surface area contributed by atoms with Gasteiger partial charge in [-0.05, 0) is 53.8 Å². The lowest BCUT2D eigenvalue weighted by molar-refractivity contribution is 0.300. The Hall–Kier alpha value is 0.100. The summed E-state index contributed by atoms with van der Waals surface area (Å²) in [6.07, 6.45) is 5.03. The van der Waals surface area contributed by atoms with E-state index in [2.05, 4.69) is 47.0 Å². The van der Waals surface area contributed by atoms with E-state index in [9.17, 15) is 0 Å². The largest absolute Gasteiger partial charge is 0.489 e. The van der Waals surface area contributed by atoms with Crippen molar-refractivity contribution in [3.05, 3.63) is 21.8 Å². The van der Waals surface area contributed by atoms with Gasteiger partial charge in [-0.15, -0.1) is 11.8 Å². The van der Waals surface area contributed by atoms with Crippen molar-refractivity contribution in [1.29, 1.82) is 0 Å². The van der Waals surface area contributed by atoms with Crippen molar-refractivity contribution >= 4 is 34.4 Å². The molecule has 0 amide bonds. The highest BCUT2D eigenvalue weighted by Crippen LogP contribution is 2.34. The Bertz CT molecular complexity index is 310. The van der Waals surface area contributed by atoms with Gasteiger partial charge in [-0.3, -0.25) is 0 Å². The van der Waals surface area contributed by atoms with Gasteiger partial charge in [-0.25, -0.2) is 0 Å². The first-order chi connectivity index (χ1) is 6.31. The lowest BCUT2D eigenvalue weighted by Gasteiger charge is -2.08. The van der Waals surface area contributed by atoms with Gasteiger partial charge in [0.1, 0.15) is 5.75 Å². The molecule has 0 aliphatic heterocycles. The van der Waals surface area contributed by atoms with E-state index in [1.54, 1.807) is 11.8 Å². The van der Waals surface area contributed by atoms with E-state index in [0.717, 1.165) is 5.75 Å². The number of halogens is 1. The Kier molecular flexibility index (Phi) is 3.03. The van der Waals surface area contributed by atoms with Crippen LogP contribution in [0.4, 0.5) is 0 Å². The predicted octanol–water partition coefficient (Wildman–Crippen LogP) is 3.55. The van der Waals surface area contributed by atoms with E-state index < -0.39 is 0 Å². The van der Waals surface area contributed by atoms with E-state index in [4.69, 9.17) is 4.74 Å². The molecule has 0 unspecified atom stereocenters. The van der Waals surface area contributed by atoms with E-state index in [-0.39, 0.29) is 0 Å². The molecular formula is C10H11IOS. The molecule has 0 heterocycles. The van der Waals surface area contributed by atoms with Gasteiger partial charge in [-0.1, -0.05) is 6.07 Å². The summed E-state index contributed by atoms with van der Waals surface area (Å²) in [5.74, 6) is 1.05. The summed E-state index contributed by atoms with van der Waals surface area (Å²) in [7, 11) is 0. The quantitative estimate of drug-likeness (QED) is 0.624. The molecule has 1 aromatic carbocycles. The molecule has 0 bridgehead atoms. The van der Waals surface area contributed by atoms with E-state index in [0.29, 0.717) is 6.10 Å². The van der Waals surface area contributed by atoms with Gasteiger partial charge in [0.2, 0.25) is 0 Å². The normalized spacial score (nSPS) is 15.8. The third kappa shape index (κ3) is 2.31. The Morgan fingerprint density at radius 2 is 2.23 bits per heavy atom. The molecule has 0 N–H and O–H groups in total. The number of rotatable bonds is 3. The summed E-state index contributed by atoms with van der Waals surface area (Å²) in [6.45, 7) is 0. The average Bonchev–Trinajstić information content (AvgIpc) is 2.92. The molecule has 1 aliphatic rings. The Morgan fingerprint density at radius 3 is 2.85 bits per heavy atom. The summed E-state index contributed by atoms with van der Waals surface area (Å²) < 4.78 is 7.03. The van der Waals surface area contributed by atoms with Crippen LogP contribution in [0.3, 0.4) is 0 Å². The first-order valence-corrected chi connectivity index (χ1v) is 6.61. The first kappa shape index (κ1) is 9.65. The van der Waals surface area contributed by atoms with Gasteiger partial charge in [-0.2, -0.15) is 0 Å². The molecular weight excluding hydrogens is 295 g/mol. The highest BCUT2D eigenvalue weighted by atomic mass is 127. The van der Waals surface area contributed by atoms with Gasteiger partial charge in [0.25, 0.3) is 0 Å². The van der Waals surface area contributed by atoms with Crippen LogP contribution in [0.25, 0.3) is 0 Å². The molecule has 0 saturated heterocycles. The molecule has 1 nitrogen and oxygen atoms in total. The summed E-state index contributed by atoms with van der Waals surface area (Å²) in [4.78, 5) is 1.30. The van der Waals surface area contributed by atoms with Crippen molar-refractivity contribution in [2.24, 2.45) is 0 Å². The zero-order valence-corrected chi connectivity index (χ0v) is 10.4. The highest BCUT2D eigenvalue weighted by Gasteiger charge is 2.24. The zero-order chi connectivity index (χ0) is 9.26. The maximum atomic E-state index is 5.78. The number of ether oxygens (including phenoxy) is 1. The predicted molar refractivity (Wildman–Crippen MR) is 64.6 cm³/mol. The Labute approximate surface area is 96.4 Å². The molecule has 0 spiro atoms. The average molecular weight is 306 g/mol. The van der Waals surface area contributed by atoms with E-state index in [1.165, 1.54) is 21.3 Å². The number of hydrogen-bond donors (Lipinski definition) is 0. The number of thioether (sulfide) groups is 1. The van der Waals surface area contributed by atoms with Crippen LogP contribution in [0.2, 0.25) is 0 Å². The van der Waals surface area contributed by atoms with Gasteiger partial charge in [0.05, 0.1) is 9.67 Å². The Balaban J connectivity index is 2.22. The lowest BCUT2D eigenvalue weighted by Crippen LogP contribution is -1.98. The fraction of sp³-hybridized carbons (Fsp3) is 0.400. The highest BCUT2D eigenvalue weighted by molar-refractivity contribution is 14.1. The third-order valence-corrected chi connectivity index (χ3v) is 4.22. The monoisotopic (exact) mass is 306 g/mol. The maximum absolute atomic E-state index is 5.78. The fourth-order valence-electron chi connectivity index (χ4n) is 1.10. The minimum Gasteiger partial charge on any atom is -0.489 e. The van der Waals surface area contributed by atoms with Gasteiger partial charge in [0, 0.05) is 4.90 Å². The standard InChI is InChI=1S/C10H11IOS/c1-13-9-4-2-3-8(10(9)11)12-7-5-6-7/h2-4,7H,5-6H2,1H3. The van der Waals surface area contributed by atoms with Crippen LogP contribution < -0.4 is 4.74 Å². The van der Waals surface area contributed by atoms with Crippen LogP contribution in [0.15, 0.2) is 23.1 Å². The maximum Gasteiger partial charge on any atom is 0.134 e. The summed E-state index contributed by atoms with van der Waals surface area (Å²) in [5, 5.41) is 0. The van der Waals surface area contributed by atoms with E-state index >= 15 is 0 Å². The summed E-state index contributed by atoms with van der Waals surface area (Å²) >= 11 is 4.13. The lowest BCUT2D eigenvalue weighted by atomic mass is 10.3. The van der Waals surface area contributed by atoms with E-state index in [1.807, 2.05) is 0 Å². The first-order valence-electron chi connectivity index (χ1n) is 4.30. The smallest absolute Gasteiger partial charge is 0.134 e. The SMILES string of the molecule is CSc1cccc(OC2CC2)c1I. The third-order valence-electron chi connectivity index (χ3n) is 1.97. The van der Waals surface area contributed by atoms with Crippen LogP contribution >= 0.6 is 34.4 Å². The summed E-state index contributed by atoms with van der Waals surface area (Å²) in [6, 6.07) is 6.25. The van der Waals surface area contributed by atoms with Crippen molar-refractivity contribution < 1.29 is 4.74 Å². The van der Waals surface area contributed by atoms with Crippen LogP contribution in [0.1, 0.15) is 12.8 Å². The van der Waals surface area contributed by atoms with Crippen LogP contribution in [0, 0.1) is 3.57 Å². The number of benzene rings is 1. The van der Waals surface area contributed by atoms with Gasteiger partial charge >= 0.3 is 0 Å². The van der Waals surface area contributed by atoms with Crippen LogP contribution in [-0.2, 0) is 0 Å². The van der Waals surface area contributed by atoms with Crippen molar-refractivity contribution in [1.82, 2.24) is 0 Å². The minimum atomic E-state index is 0.491. The molecule has 1 aliphatic carbocycles. The molecule has 3 heteroatoms. The van der Waals surface area contributed by atoms with Crippen molar-refractivity contribution in [3.63, 3.8) is 0 Å². The fourth-order valence-corrected chi connectivity index (χ4v) is 2.75. The second kappa shape index (κ2) is 4.09. The topological polar surface area (TPSA) is 9.23 Å². The summed E-state index contributed by atoms with van der Waals surface area (Å²) in [5.41, 5.74) is 0. The van der Waals surface area contributed by atoms with Crippen molar-refractivity contribution in [2.75, 3.05) is 6.26 Å². The van der Waals surface area contributed by atoms with Crippen LogP contribution in [-0.4, -0.2) is 12.4 Å². The second-order valence-corrected chi connectivity index (χ2v) is 5.02. The number of hydrogen-bond acceptors (Lipinski definition) is 2. The molecule has 2 rings (SSSR count). The van der Waals surface area contributed by atoms with Gasteiger partial charge < -0.3 is 4.74 Å². The van der Waals surface area contributed by atoms with Crippen molar-refractivity contribution in [3.8, 4) is 5.75 Å². The minimum absolute atomic E-state index is 0.491. The van der Waals surface area contributed by atoms with Gasteiger partial charge in [0.15, 0.2) is 0 Å². The Morgan fingerprint density at radius 1 is 1.46 bits per heavy atom. The molecule has 1 saturated carbocycles. The molecule has 0 radical (unpaired) electrons. The van der Waals surface area contributed by atoms with Crippen LogP contribution in [0.5, 0.6) is 5.75 Å². The van der Waals surface area contributed by atoms with Crippen molar-refractivity contribution in [2.45, 2.75) is 23.8 Å². The molecule has 0 aromatic heterocycles.